The topological polar surface area (TPSA) is 35.2 Å². The molecule has 0 spiro atoms. The molecule has 0 atom stereocenters. The lowest BCUT2D eigenvalue weighted by atomic mass is 10.1. The van der Waals surface area contributed by atoms with Crippen LogP contribution in [-0.4, -0.2) is 0 Å². The normalized spacial score (nSPS) is 10.4. The Morgan fingerprint density at radius 2 is 1.89 bits per heavy atom. The number of ether oxygens (including phenoxy) is 1. The predicted molar refractivity (Wildman–Crippen MR) is 70.3 cm³/mol. The second kappa shape index (κ2) is 5.19. The second-order valence-electron chi connectivity index (χ2n) is 4.30. The third kappa shape index (κ3) is 2.51. The summed E-state index contributed by atoms with van der Waals surface area (Å²) in [6.45, 7) is 4.06. The number of benzene rings is 2. The third-order valence-corrected chi connectivity index (χ3v) is 2.81. The van der Waals surface area contributed by atoms with Crippen molar-refractivity contribution in [1.29, 1.82) is 0 Å². The largest absolute Gasteiger partial charge is 0.454 e. The maximum atomic E-state index is 13.8. The van der Waals surface area contributed by atoms with Crippen molar-refractivity contribution in [2.75, 3.05) is 0 Å². The Hall–Kier alpha value is -1.87. The maximum absolute atomic E-state index is 13.8. The Balaban J connectivity index is 2.37. The number of halogens is 1. The molecule has 2 aromatic rings. The van der Waals surface area contributed by atoms with Gasteiger partial charge in [-0.05, 0) is 31.5 Å². The zero-order valence-corrected chi connectivity index (χ0v) is 10.5. The van der Waals surface area contributed by atoms with E-state index in [1.807, 2.05) is 25.1 Å². The lowest BCUT2D eigenvalue weighted by molar-refractivity contribution is 0.435. The molecule has 0 saturated carbocycles. The molecule has 0 aliphatic carbocycles. The number of rotatable bonds is 3. The van der Waals surface area contributed by atoms with Gasteiger partial charge in [0, 0.05) is 12.1 Å². The summed E-state index contributed by atoms with van der Waals surface area (Å²) in [5, 5.41) is 0. The highest BCUT2D eigenvalue weighted by atomic mass is 19.1. The average molecular weight is 245 g/mol. The average Bonchev–Trinajstić information content (AvgIpc) is 2.37. The van der Waals surface area contributed by atoms with Crippen LogP contribution in [0.4, 0.5) is 4.39 Å². The van der Waals surface area contributed by atoms with Gasteiger partial charge in [-0.2, -0.15) is 0 Å². The van der Waals surface area contributed by atoms with E-state index in [4.69, 9.17) is 10.5 Å². The standard InChI is InChI=1S/C15H16FNO/c1-10-6-7-13(12(8-10)9-17)18-14-5-3-4-11(2)15(14)16/h3-8H,9,17H2,1-2H3. The summed E-state index contributed by atoms with van der Waals surface area (Å²) in [5.74, 6) is 0.502. The van der Waals surface area contributed by atoms with Crippen LogP contribution in [0.3, 0.4) is 0 Å². The monoisotopic (exact) mass is 245 g/mol. The van der Waals surface area contributed by atoms with Crippen molar-refractivity contribution in [2.45, 2.75) is 20.4 Å². The zero-order valence-electron chi connectivity index (χ0n) is 10.5. The summed E-state index contributed by atoms with van der Waals surface area (Å²) in [6, 6.07) is 10.8. The molecule has 0 heterocycles. The van der Waals surface area contributed by atoms with Crippen molar-refractivity contribution in [2.24, 2.45) is 5.73 Å². The molecule has 0 amide bonds. The van der Waals surface area contributed by atoms with E-state index in [0.717, 1.165) is 11.1 Å². The number of aryl methyl sites for hydroxylation is 2. The van der Waals surface area contributed by atoms with Gasteiger partial charge in [0.05, 0.1) is 0 Å². The minimum Gasteiger partial charge on any atom is -0.454 e. The lowest BCUT2D eigenvalue weighted by Gasteiger charge is -2.12. The van der Waals surface area contributed by atoms with E-state index in [-0.39, 0.29) is 11.6 Å². The fraction of sp³-hybridized carbons (Fsp3) is 0.200. The summed E-state index contributed by atoms with van der Waals surface area (Å²) in [4.78, 5) is 0. The fourth-order valence-corrected chi connectivity index (χ4v) is 1.79. The first-order valence-corrected chi connectivity index (χ1v) is 5.84. The van der Waals surface area contributed by atoms with Crippen LogP contribution in [0.1, 0.15) is 16.7 Å². The molecule has 0 aliphatic heterocycles. The first kappa shape index (κ1) is 12.6. The minimum absolute atomic E-state index is 0.230. The lowest BCUT2D eigenvalue weighted by Crippen LogP contribution is -2.01. The van der Waals surface area contributed by atoms with Gasteiger partial charge in [0.15, 0.2) is 11.6 Å². The van der Waals surface area contributed by atoms with Crippen molar-refractivity contribution in [3.63, 3.8) is 0 Å². The highest BCUT2D eigenvalue weighted by molar-refractivity contribution is 5.41. The van der Waals surface area contributed by atoms with Crippen LogP contribution in [0, 0.1) is 19.7 Å². The van der Waals surface area contributed by atoms with Crippen LogP contribution in [0.25, 0.3) is 0 Å². The summed E-state index contributed by atoms with van der Waals surface area (Å²) in [7, 11) is 0. The Morgan fingerprint density at radius 3 is 2.61 bits per heavy atom. The van der Waals surface area contributed by atoms with Gasteiger partial charge < -0.3 is 10.5 Å². The van der Waals surface area contributed by atoms with Gasteiger partial charge in [-0.3, -0.25) is 0 Å². The van der Waals surface area contributed by atoms with E-state index < -0.39 is 0 Å². The summed E-state index contributed by atoms with van der Waals surface area (Å²) >= 11 is 0. The smallest absolute Gasteiger partial charge is 0.168 e. The molecule has 0 aliphatic rings. The number of hydrogen-bond acceptors (Lipinski definition) is 2. The van der Waals surface area contributed by atoms with E-state index in [1.165, 1.54) is 0 Å². The Morgan fingerprint density at radius 1 is 1.11 bits per heavy atom. The molecule has 0 radical (unpaired) electrons. The Bertz CT molecular complexity index is 566. The molecule has 18 heavy (non-hydrogen) atoms. The van der Waals surface area contributed by atoms with Crippen molar-refractivity contribution in [3.8, 4) is 11.5 Å². The first-order valence-electron chi connectivity index (χ1n) is 5.84. The summed E-state index contributed by atoms with van der Waals surface area (Å²) in [6.07, 6.45) is 0. The fourth-order valence-electron chi connectivity index (χ4n) is 1.79. The van der Waals surface area contributed by atoms with Crippen LogP contribution >= 0.6 is 0 Å². The van der Waals surface area contributed by atoms with Crippen LogP contribution in [0.5, 0.6) is 11.5 Å². The van der Waals surface area contributed by atoms with Gasteiger partial charge >= 0.3 is 0 Å². The molecule has 0 aromatic heterocycles. The SMILES string of the molecule is Cc1ccc(Oc2cccc(C)c2F)c(CN)c1. The van der Waals surface area contributed by atoms with Crippen LogP contribution in [0.2, 0.25) is 0 Å². The van der Waals surface area contributed by atoms with E-state index in [1.54, 1.807) is 25.1 Å². The van der Waals surface area contributed by atoms with E-state index in [0.29, 0.717) is 17.9 Å². The highest BCUT2D eigenvalue weighted by Gasteiger charge is 2.09. The molecule has 0 saturated heterocycles. The van der Waals surface area contributed by atoms with Crippen molar-refractivity contribution in [3.05, 3.63) is 58.9 Å². The molecular formula is C15H16FNO. The van der Waals surface area contributed by atoms with Gasteiger partial charge in [-0.25, -0.2) is 4.39 Å². The van der Waals surface area contributed by atoms with Crippen LogP contribution in [0.15, 0.2) is 36.4 Å². The molecule has 2 aromatic carbocycles. The number of hydrogen-bond donors (Lipinski definition) is 1. The van der Waals surface area contributed by atoms with E-state index in [2.05, 4.69) is 0 Å². The molecule has 3 heteroatoms. The molecule has 94 valence electrons. The quantitative estimate of drug-likeness (QED) is 0.895. The molecule has 0 bridgehead atoms. The summed E-state index contributed by atoms with van der Waals surface area (Å²) < 4.78 is 19.5. The molecule has 0 unspecified atom stereocenters. The second-order valence-corrected chi connectivity index (χ2v) is 4.30. The van der Waals surface area contributed by atoms with Gasteiger partial charge in [0.1, 0.15) is 5.75 Å². The Kier molecular flexibility index (Phi) is 3.63. The molecule has 0 fully saturated rings. The zero-order chi connectivity index (χ0) is 13.1. The first-order chi connectivity index (χ1) is 8.61. The molecule has 2 rings (SSSR count). The Labute approximate surface area is 106 Å². The van der Waals surface area contributed by atoms with Crippen LogP contribution < -0.4 is 10.5 Å². The van der Waals surface area contributed by atoms with Gasteiger partial charge in [0.2, 0.25) is 0 Å². The van der Waals surface area contributed by atoms with Crippen molar-refractivity contribution in [1.82, 2.24) is 0 Å². The molecular weight excluding hydrogens is 229 g/mol. The molecule has 2 N–H and O–H groups in total. The summed E-state index contributed by atoms with van der Waals surface area (Å²) in [5.41, 5.74) is 8.21. The van der Waals surface area contributed by atoms with E-state index in [9.17, 15) is 4.39 Å². The number of nitrogens with two attached hydrogens (primary N) is 1. The third-order valence-electron chi connectivity index (χ3n) is 2.81. The van der Waals surface area contributed by atoms with Crippen LogP contribution in [-0.2, 0) is 6.54 Å². The minimum atomic E-state index is -0.332. The highest BCUT2D eigenvalue weighted by Crippen LogP contribution is 2.29. The maximum Gasteiger partial charge on any atom is 0.168 e. The van der Waals surface area contributed by atoms with Gasteiger partial charge in [-0.15, -0.1) is 0 Å². The van der Waals surface area contributed by atoms with Crippen molar-refractivity contribution >= 4 is 0 Å². The van der Waals surface area contributed by atoms with Crippen molar-refractivity contribution < 1.29 is 9.13 Å². The predicted octanol–water partition coefficient (Wildman–Crippen LogP) is 3.69. The molecule has 2 nitrogen and oxygen atoms in total. The van der Waals surface area contributed by atoms with Gasteiger partial charge in [0.25, 0.3) is 0 Å². The van der Waals surface area contributed by atoms with Gasteiger partial charge in [-0.1, -0.05) is 29.8 Å². The van der Waals surface area contributed by atoms with E-state index >= 15 is 0 Å².